The van der Waals surface area contributed by atoms with E-state index in [0.29, 0.717) is 13.2 Å². The van der Waals surface area contributed by atoms with Crippen LogP contribution in [0.3, 0.4) is 0 Å². The van der Waals surface area contributed by atoms with Crippen LogP contribution in [0.15, 0.2) is 36.4 Å². The van der Waals surface area contributed by atoms with Crippen molar-refractivity contribution in [3.63, 3.8) is 0 Å². The van der Waals surface area contributed by atoms with Crippen LogP contribution in [-0.4, -0.2) is 44.9 Å². The molecule has 0 radical (unpaired) electrons. The quantitative estimate of drug-likeness (QED) is 0.813. The predicted octanol–water partition coefficient (Wildman–Crippen LogP) is 3.53. The summed E-state index contributed by atoms with van der Waals surface area (Å²) in [6, 6.07) is 12.8. The summed E-state index contributed by atoms with van der Waals surface area (Å²) in [4.78, 5) is 2.51. The summed E-state index contributed by atoms with van der Waals surface area (Å²) in [7, 11) is 1.73. The SMILES string of the molecule is COc1ccc2c(c1)CCOC21CCN(Cc2ccc3c(c2)OCCO3)CC1. The number of rotatable bonds is 3. The van der Waals surface area contributed by atoms with E-state index in [4.69, 9.17) is 18.9 Å². The van der Waals surface area contributed by atoms with Gasteiger partial charge in [-0.25, -0.2) is 0 Å². The summed E-state index contributed by atoms with van der Waals surface area (Å²) >= 11 is 0. The average molecular weight is 381 g/mol. The molecule has 0 saturated carbocycles. The number of hydrogen-bond donors (Lipinski definition) is 0. The van der Waals surface area contributed by atoms with E-state index in [-0.39, 0.29) is 5.60 Å². The number of nitrogens with zero attached hydrogens (tertiary/aromatic N) is 1. The topological polar surface area (TPSA) is 40.2 Å². The van der Waals surface area contributed by atoms with Crippen LogP contribution >= 0.6 is 0 Å². The lowest BCUT2D eigenvalue weighted by atomic mass is 9.79. The third-order valence-electron chi connectivity index (χ3n) is 6.23. The van der Waals surface area contributed by atoms with Crippen LogP contribution in [0.25, 0.3) is 0 Å². The second-order valence-corrected chi connectivity index (χ2v) is 7.87. The van der Waals surface area contributed by atoms with Crippen molar-refractivity contribution in [1.29, 1.82) is 0 Å². The number of benzene rings is 2. The van der Waals surface area contributed by atoms with Gasteiger partial charge in [-0.3, -0.25) is 4.90 Å². The standard InChI is InChI=1S/C23H27NO4/c1-25-19-3-4-20-18(15-19)6-11-28-23(20)7-9-24(10-8-23)16-17-2-5-21-22(14-17)27-13-12-26-21/h2-5,14-15H,6-13,16H2,1H3. The van der Waals surface area contributed by atoms with Crippen molar-refractivity contribution >= 4 is 0 Å². The largest absolute Gasteiger partial charge is 0.497 e. The minimum absolute atomic E-state index is 0.136. The minimum Gasteiger partial charge on any atom is -0.497 e. The van der Waals surface area contributed by atoms with Gasteiger partial charge in [0.05, 0.1) is 19.3 Å². The van der Waals surface area contributed by atoms with Gasteiger partial charge in [-0.05, 0) is 60.2 Å². The number of likely N-dealkylation sites (tertiary alicyclic amines) is 1. The number of methoxy groups -OCH3 is 1. The van der Waals surface area contributed by atoms with Crippen molar-refractivity contribution in [1.82, 2.24) is 4.90 Å². The molecule has 0 N–H and O–H groups in total. The molecule has 3 aliphatic rings. The molecule has 0 unspecified atom stereocenters. The molecule has 2 aromatic rings. The Morgan fingerprint density at radius 2 is 1.79 bits per heavy atom. The van der Waals surface area contributed by atoms with Crippen molar-refractivity contribution in [2.75, 3.05) is 40.0 Å². The fourth-order valence-electron chi connectivity index (χ4n) is 4.71. The van der Waals surface area contributed by atoms with Gasteiger partial charge in [0.1, 0.15) is 19.0 Å². The van der Waals surface area contributed by atoms with E-state index in [1.54, 1.807) is 7.11 Å². The zero-order valence-electron chi connectivity index (χ0n) is 16.4. The Kier molecular flexibility index (Phi) is 4.65. The van der Waals surface area contributed by atoms with Gasteiger partial charge in [0.25, 0.3) is 0 Å². The molecular formula is C23H27NO4. The van der Waals surface area contributed by atoms with Gasteiger partial charge < -0.3 is 18.9 Å². The van der Waals surface area contributed by atoms with Crippen molar-refractivity contribution in [2.45, 2.75) is 31.4 Å². The van der Waals surface area contributed by atoms with Crippen LogP contribution < -0.4 is 14.2 Å². The molecule has 5 heteroatoms. The second kappa shape index (κ2) is 7.30. The summed E-state index contributed by atoms with van der Waals surface area (Å²) < 4.78 is 23.1. The van der Waals surface area contributed by atoms with Gasteiger partial charge in [0.15, 0.2) is 11.5 Å². The molecule has 1 saturated heterocycles. The molecular weight excluding hydrogens is 354 g/mol. The number of fused-ring (bicyclic) bond motifs is 3. The Labute approximate surface area is 166 Å². The molecule has 2 aromatic carbocycles. The number of piperidine rings is 1. The van der Waals surface area contributed by atoms with Crippen molar-refractivity contribution in [3.05, 3.63) is 53.1 Å². The van der Waals surface area contributed by atoms with Gasteiger partial charge >= 0.3 is 0 Å². The van der Waals surface area contributed by atoms with E-state index >= 15 is 0 Å². The highest BCUT2D eigenvalue weighted by molar-refractivity contribution is 5.44. The Morgan fingerprint density at radius 3 is 2.61 bits per heavy atom. The van der Waals surface area contributed by atoms with E-state index in [9.17, 15) is 0 Å². The maximum absolute atomic E-state index is 6.38. The molecule has 148 valence electrons. The summed E-state index contributed by atoms with van der Waals surface area (Å²) in [5.74, 6) is 2.66. The van der Waals surface area contributed by atoms with Crippen LogP contribution in [0, 0.1) is 0 Å². The maximum Gasteiger partial charge on any atom is 0.161 e. The molecule has 1 spiro atoms. The molecule has 5 nitrogen and oxygen atoms in total. The summed E-state index contributed by atoms with van der Waals surface area (Å²) in [6.07, 6.45) is 3.02. The molecule has 1 fully saturated rings. The van der Waals surface area contributed by atoms with E-state index in [2.05, 4.69) is 35.2 Å². The second-order valence-electron chi connectivity index (χ2n) is 7.87. The molecule has 28 heavy (non-hydrogen) atoms. The van der Waals surface area contributed by atoms with Crippen LogP contribution in [0.4, 0.5) is 0 Å². The first-order chi connectivity index (χ1) is 13.8. The van der Waals surface area contributed by atoms with Crippen LogP contribution in [0.2, 0.25) is 0 Å². The smallest absolute Gasteiger partial charge is 0.161 e. The number of hydrogen-bond acceptors (Lipinski definition) is 5. The first kappa shape index (κ1) is 17.8. The normalized spacial score (nSPS) is 20.6. The Balaban J connectivity index is 1.28. The monoisotopic (exact) mass is 381 g/mol. The molecule has 0 amide bonds. The molecule has 0 atom stereocenters. The zero-order chi connectivity index (χ0) is 19.0. The lowest BCUT2D eigenvalue weighted by Crippen LogP contribution is -2.46. The van der Waals surface area contributed by atoms with Gasteiger partial charge in [-0.1, -0.05) is 12.1 Å². The first-order valence-electron chi connectivity index (χ1n) is 10.2. The Hall–Kier alpha value is -2.24. The van der Waals surface area contributed by atoms with Gasteiger partial charge in [0.2, 0.25) is 0 Å². The van der Waals surface area contributed by atoms with Crippen LogP contribution in [0.5, 0.6) is 17.2 Å². The third-order valence-corrected chi connectivity index (χ3v) is 6.23. The van der Waals surface area contributed by atoms with Crippen molar-refractivity contribution in [3.8, 4) is 17.2 Å². The zero-order valence-corrected chi connectivity index (χ0v) is 16.4. The molecule has 0 aliphatic carbocycles. The average Bonchev–Trinajstić information content (AvgIpc) is 2.75. The molecule has 0 bridgehead atoms. The lowest BCUT2D eigenvalue weighted by molar-refractivity contribution is -0.0989. The summed E-state index contributed by atoms with van der Waals surface area (Å²) in [5, 5.41) is 0. The highest BCUT2D eigenvalue weighted by Gasteiger charge is 2.40. The van der Waals surface area contributed by atoms with Crippen LogP contribution in [-0.2, 0) is 23.3 Å². The van der Waals surface area contributed by atoms with Gasteiger partial charge in [-0.15, -0.1) is 0 Å². The van der Waals surface area contributed by atoms with Gasteiger partial charge in [0, 0.05) is 19.6 Å². The van der Waals surface area contributed by atoms with E-state index in [0.717, 1.165) is 62.8 Å². The fourth-order valence-corrected chi connectivity index (χ4v) is 4.71. The Morgan fingerprint density at radius 1 is 0.964 bits per heavy atom. The molecule has 3 aliphatic heterocycles. The molecule has 5 rings (SSSR count). The minimum atomic E-state index is -0.136. The predicted molar refractivity (Wildman–Crippen MR) is 106 cm³/mol. The van der Waals surface area contributed by atoms with E-state index < -0.39 is 0 Å². The fraction of sp³-hybridized carbons (Fsp3) is 0.478. The van der Waals surface area contributed by atoms with Gasteiger partial charge in [-0.2, -0.15) is 0 Å². The highest BCUT2D eigenvalue weighted by atomic mass is 16.6. The maximum atomic E-state index is 6.38. The van der Waals surface area contributed by atoms with E-state index in [1.807, 2.05) is 6.07 Å². The Bertz CT molecular complexity index is 858. The molecule has 3 heterocycles. The first-order valence-corrected chi connectivity index (χ1v) is 10.2. The van der Waals surface area contributed by atoms with Crippen LogP contribution in [0.1, 0.15) is 29.5 Å². The summed E-state index contributed by atoms with van der Waals surface area (Å²) in [6.45, 7) is 5.04. The highest BCUT2D eigenvalue weighted by Crippen LogP contribution is 2.42. The third kappa shape index (κ3) is 3.23. The van der Waals surface area contributed by atoms with Crippen molar-refractivity contribution < 1.29 is 18.9 Å². The van der Waals surface area contributed by atoms with Crippen molar-refractivity contribution in [2.24, 2.45) is 0 Å². The number of ether oxygens (including phenoxy) is 4. The summed E-state index contributed by atoms with van der Waals surface area (Å²) in [5.41, 5.74) is 3.88. The molecule has 0 aromatic heterocycles. The van der Waals surface area contributed by atoms with E-state index in [1.165, 1.54) is 16.7 Å². The lowest BCUT2D eigenvalue weighted by Gasteiger charge is -2.45.